The van der Waals surface area contributed by atoms with Crippen LogP contribution in [-0.4, -0.2) is 20.8 Å². The molecule has 0 aliphatic rings. The van der Waals surface area contributed by atoms with Crippen molar-refractivity contribution in [2.45, 2.75) is 20.1 Å². The second kappa shape index (κ2) is 9.24. The number of carbonyl (C=O) groups excluding carboxylic acids is 1. The molecule has 0 radical (unpaired) electrons. The lowest BCUT2D eigenvalue weighted by Gasteiger charge is -2.06. The molecule has 2 aromatic heterocycles. The Bertz CT molecular complexity index is 1200. The minimum Gasteiger partial charge on any atom is -0.489 e. The van der Waals surface area contributed by atoms with Gasteiger partial charge in [-0.2, -0.15) is 5.10 Å². The average Bonchev–Trinajstić information content (AvgIpc) is 3.36. The van der Waals surface area contributed by atoms with Crippen molar-refractivity contribution in [2.24, 2.45) is 0 Å². The number of rotatable bonds is 7. The Morgan fingerprint density at radius 1 is 1.13 bits per heavy atom. The Hall–Kier alpha value is -3.29. The van der Waals surface area contributed by atoms with Gasteiger partial charge < -0.3 is 14.6 Å². The van der Waals surface area contributed by atoms with Crippen molar-refractivity contribution in [3.63, 3.8) is 0 Å². The molecule has 7 nitrogen and oxygen atoms in total. The number of aromatic nitrogens is 3. The highest BCUT2D eigenvalue weighted by Gasteiger charge is 2.21. The summed E-state index contributed by atoms with van der Waals surface area (Å²) >= 11 is 12.0. The van der Waals surface area contributed by atoms with Crippen LogP contribution in [-0.2, 0) is 13.2 Å². The summed E-state index contributed by atoms with van der Waals surface area (Å²) < 4.78 is 12.6. The van der Waals surface area contributed by atoms with E-state index in [9.17, 15) is 4.79 Å². The van der Waals surface area contributed by atoms with Crippen LogP contribution in [0.25, 0.3) is 0 Å². The summed E-state index contributed by atoms with van der Waals surface area (Å²) in [4.78, 5) is 12.7. The van der Waals surface area contributed by atoms with Crippen molar-refractivity contribution in [2.75, 3.05) is 5.32 Å². The van der Waals surface area contributed by atoms with Gasteiger partial charge in [-0.1, -0.05) is 52.6 Å². The molecule has 0 aliphatic heterocycles. The summed E-state index contributed by atoms with van der Waals surface area (Å²) in [6, 6.07) is 16.4. The Labute approximate surface area is 188 Å². The molecule has 9 heteroatoms. The van der Waals surface area contributed by atoms with Crippen molar-refractivity contribution < 1.29 is 14.1 Å². The van der Waals surface area contributed by atoms with E-state index >= 15 is 0 Å². The van der Waals surface area contributed by atoms with E-state index < -0.39 is 5.91 Å². The number of nitrogens with one attached hydrogen (secondary N) is 1. The first-order valence-corrected chi connectivity index (χ1v) is 10.2. The predicted molar refractivity (Wildman–Crippen MR) is 118 cm³/mol. The zero-order chi connectivity index (χ0) is 21.8. The fraction of sp³-hybridized carbons (Fsp3) is 0.136. The topological polar surface area (TPSA) is 82.2 Å². The maximum absolute atomic E-state index is 12.7. The molecule has 0 atom stereocenters. The number of hydrogen-bond acceptors (Lipinski definition) is 5. The van der Waals surface area contributed by atoms with Gasteiger partial charge in [0.25, 0.3) is 5.91 Å². The molecule has 31 heavy (non-hydrogen) atoms. The molecule has 0 aliphatic carbocycles. The molecule has 2 heterocycles. The fourth-order valence-corrected chi connectivity index (χ4v) is 3.25. The first-order valence-electron chi connectivity index (χ1n) is 9.41. The molecule has 0 fully saturated rings. The normalized spacial score (nSPS) is 10.8. The number of para-hydroxylation sites is 1. The number of hydrogen-bond donors (Lipinski definition) is 1. The summed E-state index contributed by atoms with van der Waals surface area (Å²) in [6.45, 7) is 2.37. The van der Waals surface area contributed by atoms with E-state index in [1.165, 1.54) is 0 Å². The lowest BCUT2D eigenvalue weighted by Crippen LogP contribution is -2.16. The maximum Gasteiger partial charge on any atom is 0.279 e. The molecule has 0 unspecified atom stereocenters. The number of anilines is 1. The van der Waals surface area contributed by atoms with Gasteiger partial charge in [0, 0.05) is 12.3 Å². The highest BCUT2D eigenvalue weighted by atomic mass is 35.5. The van der Waals surface area contributed by atoms with E-state index in [0.717, 1.165) is 5.56 Å². The number of amides is 1. The van der Waals surface area contributed by atoms with Crippen LogP contribution in [0.15, 0.2) is 65.3 Å². The summed E-state index contributed by atoms with van der Waals surface area (Å²) in [7, 11) is 0. The van der Waals surface area contributed by atoms with Crippen LogP contribution in [0.4, 0.5) is 5.82 Å². The first-order chi connectivity index (χ1) is 15.0. The van der Waals surface area contributed by atoms with Crippen LogP contribution in [0.3, 0.4) is 0 Å². The Kier molecular flexibility index (Phi) is 6.25. The van der Waals surface area contributed by atoms with E-state index in [-0.39, 0.29) is 12.3 Å². The van der Waals surface area contributed by atoms with Gasteiger partial charge in [-0.25, -0.2) is 0 Å². The first kappa shape index (κ1) is 21.0. The van der Waals surface area contributed by atoms with Crippen LogP contribution < -0.4 is 10.1 Å². The molecule has 0 bridgehead atoms. The molecule has 0 saturated carbocycles. The van der Waals surface area contributed by atoms with E-state index in [2.05, 4.69) is 15.6 Å². The van der Waals surface area contributed by atoms with Gasteiger partial charge in [0.15, 0.2) is 11.5 Å². The zero-order valence-electron chi connectivity index (χ0n) is 16.5. The van der Waals surface area contributed by atoms with Gasteiger partial charge in [-0.15, -0.1) is 0 Å². The quantitative estimate of drug-likeness (QED) is 0.404. The third kappa shape index (κ3) is 5.07. The number of carbonyl (C=O) groups is 1. The standard InChI is InChI=1S/C22H18Cl2N4O3/c1-14-17(13-30-16-5-3-2-4-6-16)21(27-31-14)22(29)25-20-9-10-28(26-20)12-15-7-8-18(23)19(24)11-15/h2-11H,12-13H2,1H3,(H,25,26,29). The highest BCUT2D eigenvalue weighted by Crippen LogP contribution is 2.23. The van der Waals surface area contributed by atoms with Gasteiger partial charge in [-0.3, -0.25) is 9.48 Å². The minimum absolute atomic E-state index is 0.160. The minimum atomic E-state index is -0.428. The molecule has 1 amide bonds. The van der Waals surface area contributed by atoms with E-state index in [1.54, 1.807) is 36.0 Å². The molecule has 4 aromatic rings. The molecule has 2 aromatic carbocycles. The lowest BCUT2D eigenvalue weighted by atomic mass is 10.2. The van der Waals surface area contributed by atoms with E-state index in [4.69, 9.17) is 32.5 Å². The fourth-order valence-electron chi connectivity index (χ4n) is 2.93. The molecular weight excluding hydrogens is 439 g/mol. The third-order valence-electron chi connectivity index (χ3n) is 4.54. The summed E-state index contributed by atoms with van der Waals surface area (Å²) in [5.41, 5.74) is 1.67. The maximum atomic E-state index is 12.7. The van der Waals surface area contributed by atoms with Crippen molar-refractivity contribution >= 4 is 34.9 Å². The van der Waals surface area contributed by atoms with Crippen molar-refractivity contribution in [3.05, 3.63) is 93.4 Å². The Morgan fingerprint density at radius 2 is 1.94 bits per heavy atom. The largest absolute Gasteiger partial charge is 0.489 e. The summed E-state index contributed by atoms with van der Waals surface area (Å²) in [5, 5.41) is 12.0. The van der Waals surface area contributed by atoms with Crippen LogP contribution in [0.1, 0.15) is 27.4 Å². The number of nitrogens with zero attached hydrogens (tertiary/aromatic N) is 3. The predicted octanol–water partition coefficient (Wildman–Crippen LogP) is 5.37. The molecule has 0 saturated heterocycles. The second-order valence-corrected chi connectivity index (χ2v) is 7.58. The summed E-state index contributed by atoms with van der Waals surface area (Å²) in [6.07, 6.45) is 1.76. The van der Waals surface area contributed by atoms with Crippen molar-refractivity contribution in [1.82, 2.24) is 14.9 Å². The number of ether oxygens (including phenoxy) is 1. The van der Waals surface area contributed by atoms with Gasteiger partial charge in [0.05, 0.1) is 22.2 Å². The van der Waals surface area contributed by atoms with Gasteiger partial charge in [0.2, 0.25) is 0 Å². The van der Waals surface area contributed by atoms with Crippen LogP contribution in [0, 0.1) is 6.92 Å². The van der Waals surface area contributed by atoms with Gasteiger partial charge >= 0.3 is 0 Å². The number of benzene rings is 2. The van der Waals surface area contributed by atoms with Gasteiger partial charge in [-0.05, 0) is 36.8 Å². The monoisotopic (exact) mass is 456 g/mol. The second-order valence-electron chi connectivity index (χ2n) is 6.77. The lowest BCUT2D eigenvalue weighted by molar-refractivity contribution is 0.101. The smallest absolute Gasteiger partial charge is 0.279 e. The zero-order valence-corrected chi connectivity index (χ0v) is 18.0. The molecule has 158 valence electrons. The van der Waals surface area contributed by atoms with Gasteiger partial charge in [0.1, 0.15) is 18.1 Å². The Morgan fingerprint density at radius 3 is 2.71 bits per heavy atom. The van der Waals surface area contributed by atoms with E-state index in [1.807, 2.05) is 36.4 Å². The van der Waals surface area contributed by atoms with Crippen LogP contribution in [0.5, 0.6) is 5.75 Å². The van der Waals surface area contributed by atoms with Crippen LogP contribution >= 0.6 is 23.2 Å². The summed E-state index contributed by atoms with van der Waals surface area (Å²) in [5.74, 6) is 1.17. The highest BCUT2D eigenvalue weighted by molar-refractivity contribution is 6.42. The number of aryl methyl sites for hydroxylation is 1. The molecule has 1 N–H and O–H groups in total. The molecular formula is C22H18Cl2N4O3. The van der Waals surface area contributed by atoms with E-state index in [0.29, 0.717) is 39.5 Å². The SMILES string of the molecule is Cc1onc(C(=O)Nc2ccn(Cc3ccc(Cl)c(Cl)c3)n2)c1COc1ccccc1. The molecule has 0 spiro atoms. The van der Waals surface area contributed by atoms with Crippen LogP contribution in [0.2, 0.25) is 10.0 Å². The molecule has 4 rings (SSSR count). The van der Waals surface area contributed by atoms with Crippen molar-refractivity contribution in [1.29, 1.82) is 0 Å². The third-order valence-corrected chi connectivity index (χ3v) is 5.28. The Balaban J connectivity index is 1.42. The van der Waals surface area contributed by atoms with Crippen molar-refractivity contribution in [3.8, 4) is 5.75 Å². The number of halogens is 2. The average molecular weight is 457 g/mol.